The van der Waals surface area contributed by atoms with Crippen LogP contribution in [0.25, 0.3) is 0 Å². The summed E-state index contributed by atoms with van der Waals surface area (Å²) in [5.74, 6) is -0.168. The number of amides is 1. The molecule has 0 spiro atoms. The molecule has 5 nitrogen and oxygen atoms in total. The minimum atomic E-state index is -0.168. The normalized spacial score (nSPS) is 12.1. The van der Waals surface area contributed by atoms with Crippen molar-refractivity contribution in [3.63, 3.8) is 0 Å². The van der Waals surface area contributed by atoms with E-state index in [1.54, 1.807) is 17.9 Å². The smallest absolute Gasteiger partial charge is 0.269 e. The molecule has 3 N–H and O–H groups in total. The van der Waals surface area contributed by atoms with Crippen molar-refractivity contribution in [2.75, 3.05) is 0 Å². The van der Waals surface area contributed by atoms with Gasteiger partial charge in [-0.2, -0.15) is 0 Å². The topological polar surface area (TPSA) is 72.9 Å². The SMILES string of the molecule is CC(CC(N)=S)NC(=O)c1cncn1C. The molecule has 0 bridgehead atoms. The molecule has 82 valence electrons. The lowest BCUT2D eigenvalue weighted by Gasteiger charge is -2.12. The number of imidazole rings is 1. The number of rotatable bonds is 4. The molecule has 1 rings (SSSR count). The summed E-state index contributed by atoms with van der Waals surface area (Å²) in [5, 5.41) is 2.79. The molecule has 1 heterocycles. The Bertz CT molecular complexity index is 374. The Balaban J connectivity index is 2.56. The van der Waals surface area contributed by atoms with Crippen LogP contribution in [0, 0.1) is 0 Å². The molecule has 1 aromatic rings. The maximum absolute atomic E-state index is 11.7. The molecule has 0 aliphatic rings. The number of thiocarbonyl (C=S) groups is 1. The molecule has 1 amide bonds. The van der Waals surface area contributed by atoms with Crippen LogP contribution in [0.1, 0.15) is 23.8 Å². The van der Waals surface area contributed by atoms with Gasteiger partial charge in [-0.25, -0.2) is 4.98 Å². The van der Waals surface area contributed by atoms with Gasteiger partial charge in [-0.3, -0.25) is 4.79 Å². The summed E-state index contributed by atoms with van der Waals surface area (Å²) in [5.41, 5.74) is 5.90. The summed E-state index contributed by atoms with van der Waals surface area (Å²) in [4.78, 5) is 15.9. The Kier molecular flexibility index (Phi) is 3.79. The lowest BCUT2D eigenvalue weighted by Crippen LogP contribution is -2.36. The third kappa shape index (κ3) is 3.32. The van der Waals surface area contributed by atoms with Crippen LogP contribution in [-0.4, -0.2) is 26.5 Å². The molecule has 0 saturated heterocycles. The zero-order valence-corrected chi connectivity index (χ0v) is 9.54. The Morgan fingerprint density at radius 3 is 2.93 bits per heavy atom. The monoisotopic (exact) mass is 226 g/mol. The molecule has 0 aromatic carbocycles. The predicted octanol–water partition coefficient (Wildman–Crippen LogP) is 0.215. The first kappa shape index (κ1) is 11.6. The molecule has 0 radical (unpaired) electrons. The van der Waals surface area contributed by atoms with Crippen molar-refractivity contribution in [2.24, 2.45) is 12.8 Å². The van der Waals surface area contributed by atoms with E-state index in [1.807, 2.05) is 6.92 Å². The molecule has 1 unspecified atom stereocenters. The molecule has 0 aliphatic carbocycles. The molecule has 1 atom stereocenters. The zero-order valence-electron chi connectivity index (χ0n) is 8.73. The molecule has 0 saturated carbocycles. The number of nitrogens with two attached hydrogens (primary N) is 1. The summed E-state index contributed by atoms with van der Waals surface area (Å²) in [7, 11) is 1.76. The van der Waals surface area contributed by atoms with Crippen LogP contribution in [-0.2, 0) is 7.05 Å². The number of hydrogen-bond acceptors (Lipinski definition) is 3. The quantitative estimate of drug-likeness (QED) is 0.720. The van der Waals surface area contributed by atoms with E-state index in [1.165, 1.54) is 6.20 Å². The van der Waals surface area contributed by atoms with E-state index in [-0.39, 0.29) is 11.9 Å². The van der Waals surface area contributed by atoms with Gasteiger partial charge in [0.2, 0.25) is 0 Å². The number of nitrogens with one attached hydrogen (secondary N) is 1. The fourth-order valence-electron chi connectivity index (χ4n) is 1.23. The van der Waals surface area contributed by atoms with Crippen LogP contribution >= 0.6 is 12.2 Å². The van der Waals surface area contributed by atoms with E-state index >= 15 is 0 Å². The van der Waals surface area contributed by atoms with Gasteiger partial charge in [0.15, 0.2) is 0 Å². The highest BCUT2D eigenvalue weighted by Crippen LogP contribution is 1.98. The van der Waals surface area contributed by atoms with Gasteiger partial charge >= 0.3 is 0 Å². The van der Waals surface area contributed by atoms with Gasteiger partial charge in [-0.1, -0.05) is 12.2 Å². The fourth-order valence-corrected chi connectivity index (χ4v) is 1.48. The summed E-state index contributed by atoms with van der Waals surface area (Å²) in [6, 6.07) is -0.0649. The molecular weight excluding hydrogens is 212 g/mol. The van der Waals surface area contributed by atoms with Crippen LogP contribution in [0.5, 0.6) is 0 Å². The average Bonchev–Trinajstić information content (AvgIpc) is 2.49. The van der Waals surface area contributed by atoms with Crippen LogP contribution in [0.4, 0.5) is 0 Å². The minimum Gasteiger partial charge on any atom is -0.393 e. The molecule has 15 heavy (non-hydrogen) atoms. The van der Waals surface area contributed by atoms with Crippen molar-refractivity contribution in [3.05, 3.63) is 18.2 Å². The third-order valence-electron chi connectivity index (χ3n) is 1.93. The first-order valence-electron chi connectivity index (χ1n) is 4.56. The third-order valence-corrected chi connectivity index (χ3v) is 2.10. The van der Waals surface area contributed by atoms with Crippen LogP contribution in [0.2, 0.25) is 0 Å². The van der Waals surface area contributed by atoms with E-state index in [9.17, 15) is 4.79 Å². The Morgan fingerprint density at radius 2 is 2.47 bits per heavy atom. The van der Waals surface area contributed by atoms with Crippen LogP contribution < -0.4 is 11.1 Å². The van der Waals surface area contributed by atoms with Gasteiger partial charge in [-0.05, 0) is 6.92 Å². The molecule has 1 aromatic heterocycles. The largest absolute Gasteiger partial charge is 0.393 e. The van der Waals surface area contributed by atoms with Gasteiger partial charge in [0.1, 0.15) is 5.69 Å². The Morgan fingerprint density at radius 1 is 1.80 bits per heavy atom. The summed E-state index contributed by atoms with van der Waals surface area (Å²) in [6.07, 6.45) is 3.59. The van der Waals surface area contributed by atoms with Crippen LogP contribution in [0.15, 0.2) is 12.5 Å². The average molecular weight is 226 g/mol. The van der Waals surface area contributed by atoms with Crippen molar-refractivity contribution in [1.82, 2.24) is 14.9 Å². The summed E-state index contributed by atoms with van der Waals surface area (Å²) >= 11 is 4.76. The van der Waals surface area contributed by atoms with Crippen molar-refractivity contribution in [3.8, 4) is 0 Å². The molecule has 0 aliphatic heterocycles. The van der Waals surface area contributed by atoms with E-state index in [0.717, 1.165) is 0 Å². The number of aryl methyl sites for hydroxylation is 1. The highest BCUT2D eigenvalue weighted by atomic mass is 32.1. The number of hydrogen-bond donors (Lipinski definition) is 2. The van der Waals surface area contributed by atoms with Crippen molar-refractivity contribution >= 4 is 23.1 Å². The second kappa shape index (κ2) is 4.88. The second-order valence-electron chi connectivity index (χ2n) is 3.43. The summed E-state index contributed by atoms with van der Waals surface area (Å²) < 4.78 is 1.66. The highest BCUT2D eigenvalue weighted by Gasteiger charge is 2.12. The van der Waals surface area contributed by atoms with E-state index in [2.05, 4.69) is 10.3 Å². The van der Waals surface area contributed by atoms with Crippen molar-refractivity contribution in [2.45, 2.75) is 19.4 Å². The van der Waals surface area contributed by atoms with Crippen LogP contribution in [0.3, 0.4) is 0 Å². The zero-order chi connectivity index (χ0) is 11.4. The van der Waals surface area contributed by atoms with Gasteiger partial charge in [0, 0.05) is 19.5 Å². The van der Waals surface area contributed by atoms with E-state index < -0.39 is 0 Å². The molecule has 0 fully saturated rings. The van der Waals surface area contributed by atoms with Gasteiger partial charge < -0.3 is 15.6 Å². The maximum Gasteiger partial charge on any atom is 0.269 e. The maximum atomic E-state index is 11.7. The first-order chi connectivity index (χ1) is 7.00. The lowest BCUT2D eigenvalue weighted by molar-refractivity contribution is 0.0933. The standard InChI is InChI=1S/C9H14N4OS/c1-6(3-8(10)15)12-9(14)7-4-11-5-13(7)2/h4-6H,3H2,1-2H3,(H2,10,15)(H,12,14). The Labute approximate surface area is 93.7 Å². The van der Waals surface area contributed by atoms with E-state index in [4.69, 9.17) is 18.0 Å². The second-order valence-corrected chi connectivity index (χ2v) is 3.96. The first-order valence-corrected chi connectivity index (χ1v) is 4.97. The fraction of sp³-hybridized carbons (Fsp3) is 0.444. The lowest BCUT2D eigenvalue weighted by atomic mass is 10.2. The Hall–Kier alpha value is -1.43. The van der Waals surface area contributed by atoms with Crippen molar-refractivity contribution < 1.29 is 4.79 Å². The number of aromatic nitrogens is 2. The predicted molar refractivity (Wildman–Crippen MR) is 61.5 cm³/mol. The molecule has 6 heteroatoms. The van der Waals surface area contributed by atoms with Gasteiger partial charge in [-0.15, -0.1) is 0 Å². The van der Waals surface area contributed by atoms with Gasteiger partial charge in [0.25, 0.3) is 5.91 Å². The van der Waals surface area contributed by atoms with Gasteiger partial charge in [0.05, 0.1) is 17.5 Å². The van der Waals surface area contributed by atoms with E-state index in [0.29, 0.717) is 17.1 Å². The highest BCUT2D eigenvalue weighted by molar-refractivity contribution is 7.80. The number of nitrogens with zero attached hydrogens (tertiary/aromatic N) is 2. The summed E-state index contributed by atoms with van der Waals surface area (Å²) in [6.45, 7) is 1.85. The number of carbonyl (C=O) groups is 1. The molecular formula is C9H14N4OS. The minimum absolute atomic E-state index is 0.0649. The number of carbonyl (C=O) groups excluding carboxylic acids is 1. The van der Waals surface area contributed by atoms with Crippen molar-refractivity contribution in [1.29, 1.82) is 0 Å².